The molecule has 1 aromatic rings. The van der Waals surface area contributed by atoms with Gasteiger partial charge in [-0.2, -0.15) is 0 Å². The van der Waals surface area contributed by atoms with Gasteiger partial charge in [0.2, 0.25) is 0 Å². The molecule has 19 heavy (non-hydrogen) atoms. The summed E-state index contributed by atoms with van der Waals surface area (Å²) in [5.41, 5.74) is 9.84. The number of rotatable bonds is 3. The van der Waals surface area contributed by atoms with E-state index in [1.165, 1.54) is 5.57 Å². The summed E-state index contributed by atoms with van der Waals surface area (Å²) in [7, 11) is 0. The largest absolute Gasteiger partial charge is 0.399 e. The molecule has 0 bridgehead atoms. The molecule has 0 aromatic heterocycles. The Morgan fingerprint density at radius 3 is 2.32 bits per heavy atom. The van der Waals surface area contributed by atoms with Crippen LogP contribution in [0.25, 0.3) is 6.08 Å². The van der Waals surface area contributed by atoms with Crippen LogP contribution in [0.15, 0.2) is 59.1 Å². The molecular weight excluding hydrogens is 232 g/mol. The molecule has 0 saturated heterocycles. The number of aliphatic imine (C=N–C) groups is 1. The van der Waals surface area contributed by atoms with Crippen LogP contribution >= 0.6 is 0 Å². The Labute approximate surface area is 115 Å². The summed E-state index contributed by atoms with van der Waals surface area (Å²) in [6.45, 7) is 4.28. The lowest BCUT2D eigenvalue weighted by Crippen LogP contribution is -2.01. The molecular formula is C17H20N2. The van der Waals surface area contributed by atoms with Crippen molar-refractivity contribution >= 4 is 17.5 Å². The Bertz CT molecular complexity index is 527. The average Bonchev–Trinajstić information content (AvgIpc) is 2.43. The standard InChI is InChI=1S/C17H20N2/c1-3-13(2)19-17-10-6-15(7-11-17)12-14-4-8-16(18)9-5-14/h4-13H,3,18H2,1-2H3. The van der Waals surface area contributed by atoms with Crippen molar-refractivity contribution in [2.45, 2.75) is 26.3 Å². The molecule has 0 saturated carbocycles. The van der Waals surface area contributed by atoms with E-state index in [-0.39, 0.29) is 0 Å². The molecule has 2 rings (SSSR count). The summed E-state index contributed by atoms with van der Waals surface area (Å²) in [6, 6.07) is 8.25. The average molecular weight is 252 g/mol. The van der Waals surface area contributed by atoms with Gasteiger partial charge in [0.05, 0.1) is 5.71 Å². The van der Waals surface area contributed by atoms with Crippen LogP contribution in [0, 0.1) is 0 Å². The first kappa shape index (κ1) is 13.3. The van der Waals surface area contributed by atoms with Gasteiger partial charge in [-0.3, -0.25) is 4.99 Å². The second kappa shape index (κ2) is 6.19. The molecule has 1 aliphatic carbocycles. The molecule has 0 aliphatic heterocycles. The first-order valence-electron chi connectivity index (χ1n) is 6.68. The second-order valence-corrected chi connectivity index (χ2v) is 4.79. The SMILES string of the molecule is CCC(C)N=C1C=CC(=Cc2ccc(N)cc2)C=C1. The Morgan fingerprint density at radius 2 is 1.74 bits per heavy atom. The molecule has 2 nitrogen and oxygen atoms in total. The molecule has 2 N–H and O–H groups in total. The van der Waals surface area contributed by atoms with E-state index in [0.29, 0.717) is 6.04 Å². The number of anilines is 1. The zero-order valence-electron chi connectivity index (χ0n) is 11.5. The monoisotopic (exact) mass is 252 g/mol. The number of hydrogen-bond donors (Lipinski definition) is 1. The molecule has 1 aliphatic rings. The van der Waals surface area contributed by atoms with Gasteiger partial charge in [0, 0.05) is 11.7 Å². The molecule has 2 heteroatoms. The highest BCUT2D eigenvalue weighted by molar-refractivity contribution is 6.06. The highest BCUT2D eigenvalue weighted by Gasteiger charge is 2.00. The normalized spacial score (nSPS) is 15.5. The minimum atomic E-state index is 0.381. The van der Waals surface area contributed by atoms with Gasteiger partial charge in [0.25, 0.3) is 0 Å². The van der Waals surface area contributed by atoms with E-state index in [2.05, 4.69) is 49.2 Å². The maximum Gasteiger partial charge on any atom is 0.0577 e. The summed E-state index contributed by atoms with van der Waals surface area (Å²) >= 11 is 0. The quantitative estimate of drug-likeness (QED) is 0.811. The zero-order valence-corrected chi connectivity index (χ0v) is 11.5. The van der Waals surface area contributed by atoms with Crippen molar-refractivity contribution in [3.63, 3.8) is 0 Å². The zero-order chi connectivity index (χ0) is 13.7. The summed E-state index contributed by atoms with van der Waals surface area (Å²) < 4.78 is 0. The van der Waals surface area contributed by atoms with E-state index in [9.17, 15) is 0 Å². The van der Waals surface area contributed by atoms with Crippen LogP contribution in [-0.4, -0.2) is 11.8 Å². The van der Waals surface area contributed by atoms with E-state index < -0.39 is 0 Å². The summed E-state index contributed by atoms with van der Waals surface area (Å²) in [4.78, 5) is 4.61. The number of nitrogens with zero attached hydrogens (tertiary/aromatic N) is 1. The number of nitrogen functional groups attached to an aromatic ring is 1. The maximum atomic E-state index is 5.67. The number of hydrogen-bond acceptors (Lipinski definition) is 2. The third-order valence-electron chi connectivity index (χ3n) is 3.12. The first-order valence-corrected chi connectivity index (χ1v) is 6.68. The van der Waals surface area contributed by atoms with Gasteiger partial charge in [-0.25, -0.2) is 0 Å². The van der Waals surface area contributed by atoms with Crippen LogP contribution in [0.5, 0.6) is 0 Å². The van der Waals surface area contributed by atoms with Gasteiger partial charge in [0.1, 0.15) is 0 Å². The highest BCUT2D eigenvalue weighted by Crippen LogP contribution is 2.14. The van der Waals surface area contributed by atoms with Crippen molar-refractivity contribution in [3.05, 3.63) is 59.7 Å². The van der Waals surface area contributed by atoms with Crippen molar-refractivity contribution in [3.8, 4) is 0 Å². The molecule has 0 amide bonds. The minimum Gasteiger partial charge on any atom is -0.399 e. The molecule has 0 spiro atoms. The van der Waals surface area contributed by atoms with E-state index in [4.69, 9.17) is 5.73 Å². The lowest BCUT2D eigenvalue weighted by Gasteiger charge is -2.07. The van der Waals surface area contributed by atoms with Crippen molar-refractivity contribution in [2.75, 3.05) is 5.73 Å². The lowest BCUT2D eigenvalue weighted by atomic mass is 10.0. The number of benzene rings is 1. The predicted molar refractivity (Wildman–Crippen MR) is 84.3 cm³/mol. The van der Waals surface area contributed by atoms with Crippen LogP contribution in [-0.2, 0) is 0 Å². The Kier molecular flexibility index (Phi) is 4.35. The molecule has 0 fully saturated rings. The van der Waals surface area contributed by atoms with Crippen molar-refractivity contribution < 1.29 is 0 Å². The van der Waals surface area contributed by atoms with E-state index in [0.717, 1.165) is 23.4 Å². The van der Waals surface area contributed by atoms with Crippen LogP contribution < -0.4 is 5.73 Å². The summed E-state index contributed by atoms with van der Waals surface area (Å²) in [5, 5.41) is 0. The lowest BCUT2D eigenvalue weighted by molar-refractivity contribution is 0.718. The first-order chi connectivity index (χ1) is 9.17. The highest BCUT2D eigenvalue weighted by atomic mass is 14.8. The van der Waals surface area contributed by atoms with Crippen LogP contribution in [0.2, 0.25) is 0 Å². The van der Waals surface area contributed by atoms with Crippen LogP contribution in [0.4, 0.5) is 5.69 Å². The van der Waals surface area contributed by atoms with Gasteiger partial charge >= 0.3 is 0 Å². The van der Waals surface area contributed by atoms with Crippen LogP contribution in [0.3, 0.4) is 0 Å². The van der Waals surface area contributed by atoms with Gasteiger partial charge in [-0.1, -0.05) is 31.2 Å². The molecule has 1 unspecified atom stereocenters. The number of allylic oxidation sites excluding steroid dienone is 5. The Balaban J connectivity index is 2.10. The van der Waals surface area contributed by atoms with E-state index in [1.54, 1.807) is 0 Å². The second-order valence-electron chi connectivity index (χ2n) is 4.79. The third kappa shape index (κ3) is 3.95. The van der Waals surface area contributed by atoms with Gasteiger partial charge in [0.15, 0.2) is 0 Å². The van der Waals surface area contributed by atoms with Gasteiger partial charge in [-0.05, 0) is 54.8 Å². The summed E-state index contributed by atoms with van der Waals surface area (Å²) in [6.07, 6.45) is 11.5. The van der Waals surface area contributed by atoms with Crippen molar-refractivity contribution in [1.29, 1.82) is 0 Å². The number of nitrogens with two attached hydrogens (primary N) is 1. The van der Waals surface area contributed by atoms with Crippen molar-refractivity contribution in [2.24, 2.45) is 4.99 Å². The molecule has 1 atom stereocenters. The minimum absolute atomic E-state index is 0.381. The van der Waals surface area contributed by atoms with Gasteiger partial charge in [-0.15, -0.1) is 0 Å². The molecule has 0 radical (unpaired) electrons. The maximum absolute atomic E-state index is 5.67. The molecule has 1 aromatic carbocycles. The van der Waals surface area contributed by atoms with E-state index >= 15 is 0 Å². The Hall–Kier alpha value is -2.09. The van der Waals surface area contributed by atoms with E-state index in [1.807, 2.05) is 24.3 Å². The fraction of sp³-hybridized carbons (Fsp3) is 0.235. The Morgan fingerprint density at radius 1 is 1.11 bits per heavy atom. The third-order valence-corrected chi connectivity index (χ3v) is 3.12. The predicted octanol–water partition coefficient (Wildman–Crippen LogP) is 4.02. The summed E-state index contributed by atoms with van der Waals surface area (Å²) in [5.74, 6) is 0. The van der Waals surface area contributed by atoms with Crippen molar-refractivity contribution in [1.82, 2.24) is 0 Å². The fourth-order valence-corrected chi connectivity index (χ4v) is 1.79. The molecule has 0 heterocycles. The molecule has 98 valence electrons. The fourth-order valence-electron chi connectivity index (χ4n) is 1.79. The topological polar surface area (TPSA) is 38.4 Å². The van der Waals surface area contributed by atoms with Gasteiger partial charge < -0.3 is 5.73 Å². The van der Waals surface area contributed by atoms with Crippen LogP contribution in [0.1, 0.15) is 25.8 Å². The smallest absolute Gasteiger partial charge is 0.0577 e.